The second kappa shape index (κ2) is 5.79. The Bertz CT molecular complexity index is 644. The van der Waals surface area contributed by atoms with E-state index in [1.54, 1.807) is 13.8 Å². The molecule has 2 fully saturated rings. The van der Waals surface area contributed by atoms with Gasteiger partial charge >= 0.3 is 0 Å². The zero-order valence-corrected chi connectivity index (χ0v) is 12.5. The standard InChI is InChI=1S/C14H19N3O5/c1-6-8(14(20)16-7(2)15-6)3-11(19)17-9-4-21-13-10(18)5-22-12(9)13/h9-10,12-13,18H,3-5H2,1-2H3,(H,17,19)(H,15,16,20)/t9-,10-,12-,13-/m1/s1. The number of aryl methyl sites for hydroxylation is 2. The van der Waals surface area contributed by atoms with Crippen molar-refractivity contribution in [2.75, 3.05) is 13.2 Å². The Morgan fingerprint density at radius 3 is 2.82 bits per heavy atom. The summed E-state index contributed by atoms with van der Waals surface area (Å²) in [5, 5.41) is 12.5. The summed E-state index contributed by atoms with van der Waals surface area (Å²) < 4.78 is 10.9. The predicted molar refractivity (Wildman–Crippen MR) is 75.5 cm³/mol. The molecule has 4 atom stereocenters. The quantitative estimate of drug-likeness (QED) is 0.631. The van der Waals surface area contributed by atoms with Crippen molar-refractivity contribution in [2.24, 2.45) is 0 Å². The van der Waals surface area contributed by atoms with Crippen LogP contribution in [-0.2, 0) is 20.7 Å². The highest BCUT2D eigenvalue weighted by atomic mass is 16.6. The normalized spacial score (nSPS) is 30.3. The van der Waals surface area contributed by atoms with Gasteiger partial charge in [-0.25, -0.2) is 4.98 Å². The molecule has 0 spiro atoms. The first-order valence-corrected chi connectivity index (χ1v) is 7.22. The first kappa shape index (κ1) is 15.1. The second-order valence-electron chi connectivity index (χ2n) is 5.73. The molecule has 3 rings (SSSR count). The Morgan fingerprint density at radius 2 is 2.09 bits per heavy atom. The van der Waals surface area contributed by atoms with Crippen molar-refractivity contribution in [3.8, 4) is 0 Å². The highest BCUT2D eigenvalue weighted by molar-refractivity contribution is 5.79. The van der Waals surface area contributed by atoms with Gasteiger partial charge < -0.3 is 24.9 Å². The van der Waals surface area contributed by atoms with Crippen molar-refractivity contribution < 1.29 is 19.4 Å². The average Bonchev–Trinajstić information content (AvgIpc) is 2.99. The van der Waals surface area contributed by atoms with Gasteiger partial charge in [-0.2, -0.15) is 0 Å². The molecule has 0 radical (unpaired) electrons. The van der Waals surface area contributed by atoms with Crippen LogP contribution in [-0.4, -0.2) is 58.5 Å². The molecule has 1 aromatic heterocycles. The van der Waals surface area contributed by atoms with Crippen LogP contribution in [0.2, 0.25) is 0 Å². The third kappa shape index (κ3) is 2.77. The Balaban J connectivity index is 1.65. The van der Waals surface area contributed by atoms with E-state index in [4.69, 9.17) is 9.47 Å². The van der Waals surface area contributed by atoms with E-state index in [1.165, 1.54) is 0 Å². The minimum Gasteiger partial charge on any atom is -0.388 e. The largest absolute Gasteiger partial charge is 0.388 e. The molecule has 120 valence electrons. The molecule has 2 aliphatic heterocycles. The van der Waals surface area contributed by atoms with Gasteiger partial charge in [-0.3, -0.25) is 9.59 Å². The smallest absolute Gasteiger partial charge is 0.254 e. The van der Waals surface area contributed by atoms with E-state index in [9.17, 15) is 14.7 Å². The topological polar surface area (TPSA) is 114 Å². The van der Waals surface area contributed by atoms with Crippen LogP contribution in [0.15, 0.2) is 4.79 Å². The monoisotopic (exact) mass is 309 g/mol. The number of nitrogens with one attached hydrogen (secondary N) is 2. The second-order valence-corrected chi connectivity index (χ2v) is 5.73. The van der Waals surface area contributed by atoms with Gasteiger partial charge in [0.15, 0.2) is 0 Å². The summed E-state index contributed by atoms with van der Waals surface area (Å²) in [6.45, 7) is 3.90. The van der Waals surface area contributed by atoms with Gasteiger partial charge in [0.05, 0.1) is 25.7 Å². The number of fused-ring (bicyclic) bond motifs is 1. The fourth-order valence-electron chi connectivity index (χ4n) is 2.98. The zero-order chi connectivity index (χ0) is 15.9. The lowest BCUT2D eigenvalue weighted by atomic mass is 10.1. The van der Waals surface area contributed by atoms with Gasteiger partial charge in [-0.15, -0.1) is 0 Å². The van der Waals surface area contributed by atoms with Crippen molar-refractivity contribution in [3.63, 3.8) is 0 Å². The molecule has 1 aromatic rings. The molecule has 2 saturated heterocycles. The van der Waals surface area contributed by atoms with Crippen LogP contribution in [0, 0.1) is 13.8 Å². The summed E-state index contributed by atoms with van der Waals surface area (Å²) in [6.07, 6.45) is -1.44. The summed E-state index contributed by atoms with van der Waals surface area (Å²) >= 11 is 0. The summed E-state index contributed by atoms with van der Waals surface area (Å²) in [5.74, 6) is 0.227. The van der Waals surface area contributed by atoms with E-state index in [1.807, 2.05) is 0 Å². The number of carbonyl (C=O) groups excluding carboxylic acids is 1. The number of rotatable bonds is 3. The Kier molecular flexibility index (Phi) is 3.98. The van der Waals surface area contributed by atoms with Crippen LogP contribution in [0.5, 0.6) is 0 Å². The highest BCUT2D eigenvalue weighted by Crippen LogP contribution is 2.26. The Morgan fingerprint density at radius 1 is 1.36 bits per heavy atom. The van der Waals surface area contributed by atoms with Gasteiger partial charge in [-0.05, 0) is 13.8 Å². The number of aliphatic hydroxyl groups is 1. The van der Waals surface area contributed by atoms with Gasteiger partial charge in [0.2, 0.25) is 5.91 Å². The number of hydrogen-bond acceptors (Lipinski definition) is 6. The van der Waals surface area contributed by atoms with Crippen LogP contribution >= 0.6 is 0 Å². The first-order chi connectivity index (χ1) is 10.5. The summed E-state index contributed by atoms with van der Waals surface area (Å²) in [6, 6.07) is -0.313. The number of aromatic nitrogens is 2. The van der Waals surface area contributed by atoms with Gasteiger partial charge in [0.1, 0.15) is 24.1 Å². The van der Waals surface area contributed by atoms with E-state index in [2.05, 4.69) is 15.3 Å². The zero-order valence-electron chi connectivity index (χ0n) is 12.5. The third-order valence-corrected chi connectivity index (χ3v) is 4.05. The summed E-state index contributed by atoms with van der Waals surface area (Å²) in [4.78, 5) is 30.8. The molecule has 0 saturated carbocycles. The molecule has 8 nitrogen and oxygen atoms in total. The molecular formula is C14H19N3O5. The summed E-state index contributed by atoms with van der Waals surface area (Å²) in [5.41, 5.74) is 0.601. The van der Waals surface area contributed by atoms with Gasteiger partial charge in [-0.1, -0.05) is 0 Å². The molecule has 3 heterocycles. The number of amides is 1. The summed E-state index contributed by atoms with van der Waals surface area (Å²) in [7, 11) is 0. The van der Waals surface area contributed by atoms with Crippen molar-refractivity contribution in [2.45, 2.75) is 44.6 Å². The number of aliphatic hydroxyl groups excluding tert-OH is 1. The van der Waals surface area contributed by atoms with Crippen LogP contribution in [0.1, 0.15) is 17.1 Å². The molecule has 1 amide bonds. The minimum atomic E-state index is -0.654. The lowest BCUT2D eigenvalue weighted by Crippen LogP contribution is -2.45. The number of H-pyrrole nitrogens is 1. The highest BCUT2D eigenvalue weighted by Gasteiger charge is 2.47. The van der Waals surface area contributed by atoms with E-state index >= 15 is 0 Å². The van der Waals surface area contributed by atoms with E-state index < -0.39 is 12.2 Å². The fraction of sp³-hybridized carbons (Fsp3) is 0.643. The van der Waals surface area contributed by atoms with Crippen LogP contribution in [0.4, 0.5) is 0 Å². The van der Waals surface area contributed by atoms with Crippen molar-refractivity contribution in [3.05, 3.63) is 27.4 Å². The Hall–Kier alpha value is -1.77. The predicted octanol–water partition coefficient (Wildman–Crippen LogP) is -1.43. The maximum atomic E-state index is 12.2. The molecule has 0 aliphatic carbocycles. The lowest BCUT2D eigenvalue weighted by molar-refractivity contribution is -0.121. The number of ether oxygens (including phenoxy) is 2. The first-order valence-electron chi connectivity index (χ1n) is 7.22. The molecule has 0 unspecified atom stereocenters. The maximum Gasteiger partial charge on any atom is 0.254 e. The lowest BCUT2D eigenvalue weighted by Gasteiger charge is -2.17. The average molecular weight is 309 g/mol. The van der Waals surface area contributed by atoms with Crippen LogP contribution < -0.4 is 10.9 Å². The Labute approximate surface area is 126 Å². The van der Waals surface area contributed by atoms with E-state index in [0.717, 1.165) is 0 Å². The van der Waals surface area contributed by atoms with E-state index in [-0.39, 0.29) is 36.6 Å². The number of aromatic amines is 1. The van der Waals surface area contributed by atoms with Crippen LogP contribution in [0.3, 0.4) is 0 Å². The van der Waals surface area contributed by atoms with Crippen molar-refractivity contribution in [1.82, 2.24) is 15.3 Å². The number of hydrogen-bond donors (Lipinski definition) is 3. The molecule has 8 heteroatoms. The van der Waals surface area contributed by atoms with Gasteiger partial charge in [0.25, 0.3) is 5.56 Å². The molecule has 3 N–H and O–H groups in total. The fourth-order valence-corrected chi connectivity index (χ4v) is 2.98. The number of carbonyl (C=O) groups is 1. The van der Waals surface area contributed by atoms with Crippen molar-refractivity contribution in [1.29, 1.82) is 0 Å². The van der Waals surface area contributed by atoms with Crippen LogP contribution in [0.25, 0.3) is 0 Å². The van der Waals surface area contributed by atoms with Gasteiger partial charge in [0, 0.05) is 11.3 Å². The maximum absolute atomic E-state index is 12.2. The van der Waals surface area contributed by atoms with E-state index in [0.29, 0.717) is 23.7 Å². The SMILES string of the molecule is Cc1nc(C)c(CC(=O)N[C@@H]2CO[C@H]3[C@@H]2OC[C@H]3O)c(=O)[nH]1. The number of nitrogens with zero attached hydrogens (tertiary/aromatic N) is 1. The van der Waals surface area contributed by atoms with Crippen molar-refractivity contribution >= 4 is 5.91 Å². The molecule has 0 aromatic carbocycles. The minimum absolute atomic E-state index is 0.0507. The third-order valence-electron chi connectivity index (χ3n) is 4.05. The molecule has 0 bridgehead atoms. The molecule has 22 heavy (non-hydrogen) atoms. The molecular weight excluding hydrogens is 290 g/mol. The molecule has 2 aliphatic rings.